The molecule has 86 valence electrons. The summed E-state index contributed by atoms with van der Waals surface area (Å²) in [7, 11) is 0. The molecule has 1 rings (SSSR count). The van der Waals surface area contributed by atoms with Gasteiger partial charge in [-0.25, -0.2) is 0 Å². The van der Waals surface area contributed by atoms with Gasteiger partial charge >= 0.3 is 0 Å². The van der Waals surface area contributed by atoms with E-state index in [0.29, 0.717) is 12.5 Å². The summed E-state index contributed by atoms with van der Waals surface area (Å²) in [4.78, 5) is 2.48. The van der Waals surface area contributed by atoms with Crippen molar-refractivity contribution in [2.45, 2.75) is 45.1 Å². The number of nitrogens with two attached hydrogens (primary N) is 1. The molecule has 1 atom stereocenters. The monoisotopic (exact) mass is 209 g/mol. The lowest BCUT2D eigenvalue weighted by Gasteiger charge is -2.36. The minimum Gasteiger partial charge on any atom is -0.330 e. The number of hydrogen-bond donors (Lipinski definition) is 1. The van der Waals surface area contributed by atoms with Crippen molar-refractivity contribution >= 4 is 0 Å². The van der Waals surface area contributed by atoms with Crippen molar-refractivity contribution in [3.63, 3.8) is 0 Å². The molecule has 2 N–H and O–H groups in total. The zero-order valence-electron chi connectivity index (χ0n) is 9.78. The Morgan fingerprint density at radius 2 is 2.13 bits per heavy atom. The van der Waals surface area contributed by atoms with Gasteiger partial charge in [0.1, 0.15) is 0 Å². The average molecular weight is 209 g/mol. The summed E-state index contributed by atoms with van der Waals surface area (Å²) in [5.74, 6) is 0.825. The maximum Gasteiger partial charge on any atom is 0.0638 e. The number of nitriles is 1. The second-order valence-electron chi connectivity index (χ2n) is 4.48. The van der Waals surface area contributed by atoms with Crippen molar-refractivity contribution in [2.75, 3.05) is 19.6 Å². The summed E-state index contributed by atoms with van der Waals surface area (Å²) in [5, 5.41) is 8.74. The zero-order chi connectivity index (χ0) is 11.1. The second-order valence-corrected chi connectivity index (χ2v) is 4.48. The van der Waals surface area contributed by atoms with Crippen LogP contribution in [0.1, 0.15) is 39.0 Å². The van der Waals surface area contributed by atoms with Crippen LogP contribution < -0.4 is 5.73 Å². The Balaban J connectivity index is 2.32. The largest absolute Gasteiger partial charge is 0.330 e. The van der Waals surface area contributed by atoms with Gasteiger partial charge in [-0.05, 0) is 51.2 Å². The molecule has 1 fully saturated rings. The number of nitrogens with zero attached hydrogens (tertiary/aromatic N) is 2. The van der Waals surface area contributed by atoms with E-state index in [4.69, 9.17) is 11.0 Å². The molecule has 0 radical (unpaired) electrons. The highest BCUT2D eigenvalue weighted by Gasteiger charge is 2.23. The summed E-state index contributed by atoms with van der Waals surface area (Å²) in [5.41, 5.74) is 5.57. The van der Waals surface area contributed by atoms with E-state index in [2.05, 4.69) is 17.9 Å². The molecule has 0 aliphatic carbocycles. The SMILES string of the molecule is CCC(CC#N)N1CCC(CCN)CC1. The van der Waals surface area contributed by atoms with E-state index in [1.807, 2.05) is 0 Å². The lowest BCUT2D eigenvalue weighted by molar-refractivity contribution is 0.128. The van der Waals surface area contributed by atoms with Crippen LogP contribution in [-0.4, -0.2) is 30.6 Å². The number of rotatable bonds is 5. The molecule has 0 aromatic carbocycles. The summed E-state index contributed by atoms with van der Waals surface area (Å²) in [6.07, 6.45) is 5.47. The molecule has 1 saturated heterocycles. The maximum absolute atomic E-state index is 8.74. The van der Waals surface area contributed by atoms with Gasteiger partial charge in [0.05, 0.1) is 12.5 Å². The van der Waals surface area contributed by atoms with Crippen molar-refractivity contribution in [1.82, 2.24) is 4.90 Å². The molecule has 1 aliphatic rings. The third-order valence-electron chi connectivity index (χ3n) is 3.54. The summed E-state index contributed by atoms with van der Waals surface area (Å²) < 4.78 is 0. The minimum absolute atomic E-state index is 0.480. The highest BCUT2D eigenvalue weighted by Crippen LogP contribution is 2.22. The first kappa shape index (κ1) is 12.5. The third kappa shape index (κ3) is 3.81. The summed E-state index contributed by atoms with van der Waals surface area (Å²) in [6, 6.07) is 2.77. The lowest BCUT2D eigenvalue weighted by atomic mass is 9.92. The Hall–Kier alpha value is -0.590. The van der Waals surface area contributed by atoms with Crippen LogP contribution in [0.2, 0.25) is 0 Å². The first-order valence-electron chi connectivity index (χ1n) is 6.12. The number of likely N-dealkylation sites (tertiary alicyclic amines) is 1. The van der Waals surface area contributed by atoms with Gasteiger partial charge < -0.3 is 5.73 Å². The molecular formula is C12H23N3. The molecule has 1 aliphatic heterocycles. The fourth-order valence-corrected chi connectivity index (χ4v) is 2.48. The Morgan fingerprint density at radius 1 is 1.47 bits per heavy atom. The molecule has 0 bridgehead atoms. The molecule has 0 spiro atoms. The highest BCUT2D eigenvalue weighted by molar-refractivity contribution is 4.84. The number of piperidine rings is 1. The average Bonchev–Trinajstić information content (AvgIpc) is 2.28. The third-order valence-corrected chi connectivity index (χ3v) is 3.54. The Bertz CT molecular complexity index is 201. The van der Waals surface area contributed by atoms with Crippen molar-refractivity contribution < 1.29 is 0 Å². The topological polar surface area (TPSA) is 53.0 Å². The minimum atomic E-state index is 0.480. The van der Waals surface area contributed by atoms with Crippen molar-refractivity contribution in [3.05, 3.63) is 0 Å². The molecule has 1 heterocycles. The quantitative estimate of drug-likeness (QED) is 0.750. The predicted octanol–water partition coefficient (Wildman–Crippen LogP) is 1.74. The van der Waals surface area contributed by atoms with Crippen LogP contribution >= 0.6 is 0 Å². The van der Waals surface area contributed by atoms with Gasteiger partial charge in [0.25, 0.3) is 0 Å². The van der Waals surface area contributed by atoms with E-state index in [1.54, 1.807) is 0 Å². The molecular weight excluding hydrogens is 186 g/mol. The molecule has 3 heteroatoms. The van der Waals surface area contributed by atoms with Crippen LogP contribution in [0.25, 0.3) is 0 Å². The van der Waals surface area contributed by atoms with E-state index in [9.17, 15) is 0 Å². The van der Waals surface area contributed by atoms with Crippen molar-refractivity contribution in [1.29, 1.82) is 5.26 Å². The van der Waals surface area contributed by atoms with Crippen LogP contribution in [0.5, 0.6) is 0 Å². The van der Waals surface area contributed by atoms with Gasteiger partial charge in [-0.2, -0.15) is 5.26 Å². The van der Waals surface area contributed by atoms with E-state index >= 15 is 0 Å². The van der Waals surface area contributed by atoms with Crippen molar-refractivity contribution in [2.24, 2.45) is 11.7 Å². The van der Waals surface area contributed by atoms with Crippen LogP contribution in [-0.2, 0) is 0 Å². The van der Waals surface area contributed by atoms with Gasteiger partial charge in [0.2, 0.25) is 0 Å². The molecule has 3 nitrogen and oxygen atoms in total. The number of hydrogen-bond acceptors (Lipinski definition) is 3. The summed E-state index contributed by atoms with van der Waals surface area (Å²) in [6.45, 7) is 5.31. The first-order valence-corrected chi connectivity index (χ1v) is 6.12. The normalized spacial score (nSPS) is 21.1. The molecule has 0 amide bonds. The molecule has 0 aromatic rings. The van der Waals surface area contributed by atoms with Gasteiger partial charge in [-0.15, -0.1) is 0 Å². The van der Waals surface area contributed by atoms with E-state index in [0.717, 1.165) is 32.0 Å². The van der Waals surface area contributed by atoms with E-state index in [-0.39, 0.29) is 0 Å². The van der Waals surface area contributed by atoms with Crippen LogP contribution in [0.3, 0.4) is 0 Å². The molecule has 1 unspecified atom stereocenters. The molecule has 15 heavy (non-hydrogen) atoms. The Labute approximate surface area is 93.2 Å². The lowest BCUT2D eigenvalue weighted by Crippen LogP contribution is -2.41. The molecule has 0 aromatic heterocycles. The van der Waals surface area contributed by atoms with Gasteiger partial charge in [-0.1, -0.05) is 6.92 Å². The van der Waals surface area contributed by atoms with Crippen LogP contribution in [0.4, 0.5) is 0 Å². The van der Waals surface area contributed by atoms with Crippen molar-refractivity contribution in [3.8, 4) is 6.07 Å². The van der Waals surface area contributed by atoms with Gasteiger partial charge in [0, 0.05) is 6.04 Å². The van der Waals surface area contributed by atoms with Crippen LogP contribution in [0.15, 0.2) is 0 Å². The Kier molecular flexibility index (Phi) is 5.67. The Morgan fingerprint density at radius 3 is 2.60 bits per heavy atom. The highest BCUT2D eigenvalue weighted by atomic mass is 15.2. The standard InChI is InChI=1S/C12H23N3/c1-2-12(4-8-14)15-9-5-11(3-7-13)6-10-15/h11-12H,2-7,9-10,13H2,1H3. The van der Waals surface area contributed by atoms with Gasteiger partial charge in [-0.3, -0.25) is 4.90 Å². The van der Waals surface area contributed by atoms with E-state index in [1.165, 1.54) is 19.3 Å². The zero-order valence-corrected chi connectivity index (χ0v) is 9.78. The van der Waals surface area contributed by atoms with Crippen LogP contribution in [0, 0.1) is 17.2 Å². The summed E-state index contributed by atoms with van der Waals surface area (Å²) >= 11 is 0. The first-order chi connectivity index (χ1) is 7.31. The second kappa shape index (κ2) is 6.81. The predicted molar refractivity (Wildman–Crippen MR) is 62.3 cm³/mol. The fourth-order valence-electron chi connectivity index (χ4n) is 2.48. The smallest absolute Gasteiger partial charge is 0.0638 e. The fraction of sp³-hybridized carbons (Fsp3) is 0.917. The van der Waals surface area contributed by atoms with Gasteiger partial charge in [0.15, 0.2) is 0 Å². The van der Waals surface area contributed by atoms with E-state index < -0.39 is 0 Å². The maximum atomic E-state index is 8.74. The molecule has 0 saturated carbocycles.